The summed E-state index contributed by atoms with van der Waals surface area (Å²) in [7, 11) is 1.83. The number of hydrogen-bond donors (Lipinski definition) is 1. The van der Waals surface area contributed by atoms with E-state index in [-0.39, 0.29) is 5.91 Å². The predicted octanol–water partition coefficient (Wildman–Crippen LogP) is 2.86. The van der Waals surface area contributed by atoms with Crippen LogP contribution in [-0.2, 0) is 26.4 Å². The maximum absolute atomic E-state index is 12.4. The van der Waals surface area contributed by atoms with E-state index < -0.39 is 0 Å². The van der Waals surface area contributed by atoms with E-state index in [0.29, 0.717) is 11.5 Å². The topological polar surface area (TPSA) is 77.6 Å². The molecular formula is C20H24N6O. The van der Waals surface area contributed by atoms with E-state index in [9.17, 15) is 4.79 Å². The van der Waals surface area contributed by atoms with Crippen molar-refractivity contribution in [1.82, 2.24) is 24.5 Å². The third-order valence-electron chi connectivity index (χ3n) is 5.46. The molecule has 0 fully saturated rings. The minimum absolute atomic E-state index is 0.132. The molecule has 0 spiro atoms. The first kappa shape index (κ1) is 17.5. The zero-order valence-corrected chi connectivity index (χ0v) is 15.9. The number of anilines is 1. The van der Waals surface area contributed by atoms with Crippen molar-refractivity contribution >= 4 is 11.6 Å². The van der Waals surface area contributed by atoms with Gasteiger partial charge in [-0.05, 0) is 31.0 Å². The predicted molar refractivity (Wildman–Crippen MR) is 103 cm³/mol. The highest BCUT2D eigenvalue weighted by molar-refractivity contribution is 6.04. The van der Waals surface area contributed by atoms with Gasteiger partial charge in [0.25, 0.3) is 5.91 Å². The van der Waals surface area contributed by atoms with Gasteiger partial charge in [-0.2, -0.15) is 5.10 Å². The molecule has 0 saturated carbocycles. The van der Waals surface area contributed by atoms with Gasteiger partial charge in [0.05, 0.1) is 11.8 Å². The Balaban J connectivity index is 1.46. The number of nitrogens with one attached hydrogen (secondary N) is 1. The molecule has 140 valence electrons. The van der Waals surface area contributed by atoms with Crippen molar-refractivity contribution in [3.8, 4) is 0 Å². The van der Waals surface area contributed by atoms with E-state index in [2.05, 4.69) is 44.2 Å². The van der Waals surface area contributed by atoms with E-state index in [1.165, 1.54) is 5.56 Å². The first-order valence-electron chi connectivity index (χ1n) is 9.37. The fraction of sp³-hybridized carbons (Fsp3) is 0.400. The van der Waals surface area contributed by atoms with Gasteiger partial charge in [-0.25, -0.2) is 0 Å². The van der Waals surface area contributed by atoms with Crippen LogP contribution in [0.1, 0.15) is 52.5 Å². The smallest absolute Gasteiger partial charge is 0.259 e. The van der Waals surface area contributed by atoms with Crippen molar-refractivity contribution in [2.45, 2.75) is 45.6 Å². The third kappa shape index (κ3) is 3.25. The van der Waals surface area contributed by atoms with Crippen LogP contribution in [0.5, 0.6) is 0 Å². The lowest BCUT2D eigenvalue weighted by molar-refractivity contribution is 0.102. The molecule has 1 aromatic carbocycles. The summed E-state index contributed by atoms with van der Waals surface area (Å²) in [5.74, 6) is 2.47. The monoisotopic (exact) mass is 364 g/mol. The number of amides is 1. The third-order valence-corrected chi connectivity index (χ3v) is 5.46. The van der Waals surface area contributed by atoms with Gasteiger partial charge >= 0.3 is 0 Å². The van der Waals surface area contributed by atoms with Crippen LogP contribution in [0.25, 0.3) is 0 Å². The molecule has 3 aromatic rings. The van der Waals surface area contributed by atoms with Crippen LogP contribution < -0.4 is 5.32 Å². The number of hydrogen-bond acceptors (Lipinski definition) is 4. The highest BCUT2D eigenvalue weighted by Crippen LogP contribution is 2.29. The summed E-state index contributed by atoms with van der Waals surface area (Å²) < 4.78 is 3.96. The van der Waals surface area contributed by atoms with Gasteiger partial charge in [0.2, 0.25) is 0 Å². The van der Waals surface area contributed by atoms with Gasteiger partial charge in [0.1, 0.15) is 11.6 Å². The van der Waals surface area contributed by atoms with Gasteiger partial charge in [-0.15, -0.1) is 10.2 Å². The zero-order chi connectivity index (χ0) is 19.0. The number of aryl methyl sites for hydroxylation is 3. The Labute approximate surface area is 158 Å². The maximum Gasteiger partial charge on any atom is 0.259 e. The molecule has 1 aliphatic rings. The van der Waals surface area contributed by atoms with E-state index in [4.69, 9.17) is 0 Å². The van der Waals surface area contributed by atoms with Crippen molar-refractivity contribution in [3.63, 3.8) is 0 Å². The van der Waals surface area contributed by atoms with Crippen molar-refractivity contribution in [2.24, 2.45) is 7.05 Å². The van der Waals surface area contributed by atoms with Gasteiger partial charge in [-0.3, -0.25) is 9.48 Å². The van der Waals surface area contributed by atoms with Gasteiger partial charge in [0.15, 0.2) is 0 Å². The quantitative estimate of drug-likeness (QED) is 0.772. The number of rotatable bonds is 4. The summed E-state index contributed by atoms with van der Waals surface area (Å²) >= 11 is 0. The molecule has 3 heterocycles. The molecule has 4 rings (SSSR count). The summed E-state index contributed by atoms with van der Waals surface area (Å²) in [6, 6.07) is 8.16. The number of carbonyl (C=O) groups excluding carboxylic acids is 1. The molecule has 1 N–H and O–H groups in total. The van der Waals surface area contributed by atoms with Crippen molar-refractivity contribution in [3.05, 3.63) is 58.9 Å². The molecule has 27 heavy (non-hydrogen) atoms. The Morgan fingerprint density at radius 2 is 2.04 bits per heavy atom. The Hall–Kier alpha value is -2.96. The second kappa shape index (κ2) is 6.98. The lowest BCUT2D eigenvalue weighted by Crippen LogP contribution is -2.20. The maximum atomic E-state index is 12.4. The van der Waals surface area contributed by atoms with E-state index in [1.54, 1.807) is 10.9 Å². The average molecular weight is 364 g/mol. The number of benzene rings is 1. The Bertz CT molecular complexity index is 956. The van der Waals surface area contributed by atoms with Gasteiger partial charge in [0, 0.05) is 43.7 Å². The van der Waals surface area contributed by atoms with Gasteiger partial charge in [-0.1, -0.05) is 19.1 Å². The van der Waals surface area contributed by atoms with Gasteiger partial charge < -0.3 is 9.88 Å². The molecule has 2 aromatic heterocycles. The SMILES string of the molecule is CCc1nnc2n1C[C@@H](c1ccc(NC(=O)c3cnn(C)c3C)cc1)CC2. The van der Waals surface area contributed by atoms with E-state index in [1.807, 2.05) is 26.1 Å². The number of nitrogens with zero attached hydrogens (tertiary/aromatic N) is 5. The normalized spacial score (nSPS) is 16.2. The van der Waals surface area contributed by atoms with Crippen LogP contribution in [0.3, 0.4) is 0 Å². The molecule has 7 heteroatoms. The van der Waals surface area contributed by atoms with E-state index >= 15 is 0 Å². The first-order valence-corrected chi connectivity index (χ1v) is 9.37. The molecule has 0 aliphatic carbocycles. The van der Waals surface area contributed by atoms with Crippen LogP contribution in [0.15, 0.2) is 30.5 Å². The zero-order valence-electron chi connectivity index (χ0n) is 15.9. The summed E-state index contributed by atoms with van der Waals surface area (Å²) in [6.07, 6.45) is 4.53. The van der Waals surface area contributed by atoms with Crippen molar-refractivity contribution < 1.29 is 4.79 Å². The number of carbonyl (C=O) groups is 1. The minimum Gasteiger partial charge on any atom is -0.322 e. The van der Waals surface area contributed by atoms with Crippen LogP contribution in [0.4, 0.5) is 5.69 Å². The van der Waals surface area contributed by atoms with Crippen LogP contribution in [0, 0.1) is 6.92 Å². The largest absolute Gasteiger partial charge is 0.322 e. The lowest BCUT2D eigenvalue weighted by atomic mass is 9.91. The molecule has 1 amide bonds. The number of fused-ring (bicyclic) bond motifs is 1. The summed E-state index contributed by atoms with van der Waals surface area (Å²) in [5.41, 5.74) is 3.53. The van der Waals surface area contributed by atoms with Crippen molar-refractivity contribution in [1.29, 1.82) is 0 Å². The highest BCUT2D eigenvalue weighted by atomic mass is 16.1. The average Bonchev–Trinajstić information content (AvgIpc) is 3.25. The fourth-order valence-corrected chi connectivity index (χ4v) is 3.68. The second-order valence-electron chi connectivity index (χ2n) is 7.08. The molecule has 7 nitrogen and oxygen atoms in total. The summed E-state index contributed by atoms with van der Waals surface area (Å²) in [4.78, 5) is 12.4. The minimum atomic E-state index is -0.132. The molecule has 0 unspecified atom stereocenters. The Kier molecular flexibility index (Phi) is 4.51. The standard InChI is InChI=1S/C20H24N6O/c1-4-18-23-24-19-10-7-15(12-26(18)19)14-5-8-16(9-6-14)22-20(27)17-11-21-25(3)13(17)2/h5-6,8-9,11,15H,4,7,10,12H2,1-3H3,(H,22,27)/t15-/m0/s1. The highest BCUT2D eigenvalue weighted by Gasteiger charge is 2.23. The Morgan fingerprint density at radius 1 is 1.26 bits per heavy atom. The van der Waals surface area contributed by atoms with Crippen LogP contribution in [-0.4, -0.2) is 30.5 Å². The fourth-order valence-electron chi connectivity index (χ4n) is 3.68. The summed E-state index contributed by atoms with van der Waals surface area (Å²) in [5, 5.41) is 15.7. The van der Waals surface area contributed by atoms with Crippen LogP contribution >= 0.6 is 0 Å². The molecule has 0 saturated heterocycles. The molecule has 0 bridgehead atoms. The van der Waals surface area contributed by atoms with Crippen molar-refractivity contribution in [2.75, 3.05) is 5.32 Å². The lowest BCUT2D eigenvalue weighted by Gasteiger charge is -2.24. The second-order valence-corrected chi connectivity index (χ2v) is 7.08. The molecule has 1 aliphatic heterocycles. The Morgan fingerprint density at radius 3 is 2.70 bits per heavy atom. The first-order chi connectivity index (χ1) is 13.1. The molecule has 0 radical (unpaired) electrons. The van der Waals surface area contributed by atoms with Crippen LogP contribution in [0.2, 0.25) is 0 Å². The van der Waals surface area contributed by atoms with E-state index in [0.717, 1.165) is 48.8 Å². The molecular weight excluding hydrogens is 340 g/mol. The summed E-state index contributed by atoms with van der Waals surface area (Å²) in [6.45, 7) is 4.92. The molecule has 1 atom stereocenters. The number of aromatic nitrogens is 5.